The summed E-state index contributed by atoms with van der Waals surface area (Å²) in [6, 6.07) is 0. The second kappa shape index (κ2) is 3.70. The smallest absolute Gasteiger partial charge is 0.309 e. The summed E-state index contributed by atoms with van der Waals surface area (Å²) in [6.45, 7) is 2.82. The maximum atomic E-state index is 11.4. The van der Waals surface area contributed by atoms with Crippen molar-refractivity contribution in [1.29, 1.82) is 0 Å². The number of hydrogen-bond acceptors (Lipinski definition) is 4. The number of carbonyl (C=O) groups excluding carboxylic acids is 1. The van der Waals surface area contributed by atoms with Crippen LogP contribution in [0.1, 0.15) is 39.0 Å². The van der Waals surface area contributed by atoms with Crippen molar-refractivity contribution in [2.45, 2.75) is 62.9 Å². The summed E-state index contributed by atoms with van der Waals surface area (Å²) in [5.74, 6) is -0.123. The van der Waals surface area contributed by atoms with Gasteiger partial charge in [-0.2, -0.15) is 0 Å². The van der Waals surface area contributed by atoms with Crippen molar-refractivity contribution in [3.05, 3.63) is 0 Å². The van der Waals surface area contributed by atoms with Crippen molar-refractivity contribution < 1.29 is 19.0 Å². The minimum absolute atomic E-state index is 0.0725. The predicted octanol–water partition coefficient (Wildman–Crippen LogP) is 1.42. The van der Waals surface area contributed by atoms with Crippen LogP contribution < -0.4 is 0 Å². The molecule has 16 heavy (non-hydrogen) atoms. The molecule has 0 saturated carbocycles. The average molecular weight is 226 g/mol. The third-order valence-electron chi connectivity index (χ3n) is 4.02. The zero-order valence-electron chi connectivity index (χ0n) is 9.61. The third kappa shape index (κ3) is 1.64. The lowest BCUT2D eigenvalue weighted by Gasteiger charge is -2.31. The van der Waals surface area contributed by atoms with Gasteiger partial charge in [-0.05, 0) is 32.6 Å². The van der Waals surface area contributed by atoms with Crippen molar-refractivity contribution in [3.63, 3.8) is 0 Å². The highest BCUT2D eigenvalue weighted by Gasteiger charge is 2.50. The van der Waals surface area contributed by atoms with Gasteiger partial charge in [0.1, 0.15) is 11.7 Å². The van der Waals surface area contributed by atoms with Crippen molar-refractivity contribution in [3.8, 4) is 0 Å². The lowest BCUT2D eigenvalue weighted by molar-refractivity contribution is -0.153. The first-order valence-electron chi connectivity index (χ1n) is 6.16. The fourth-order valence-corrected chi connectivity index (χ4v) is 3.02. The van der Waals surface area contributed by atoms with Gasteiger partial charge in [0, 0.05) is 6.61 Å². The minimum atomic E-state index is -0.419. The first kappa shape index (κ1) is 10.5. The Morgan fingerprint density at radius 3 is 3.06 bits per heavy atom. The molecule has 3 fully saturated rings. The Morgan fingerprint density at radius 1 is 1.31 bits per heavy atom. The van der Waals surface area contributed by atoms with Gasteiger partial charge in [0.05, 0.1) is 18.6 Å². The summed E-state index contributed by atoms with van der Waals surface area (Å²) in [5, 5.41) is 0. The number of hydrogen-bond donors (Lipinski definition) is 0. The van der Waals surface area contributed by atoms with E-state index in [-0.39, 0.29) is 24.3 Å². The van der Waals surface area contributed by atoms with Crippen molar-refractivity contribution in [2.75, 3.05) is 6.61 Å². The molecule has 0 aromatic heterocycles. The second-order valence-corrected chi connectivity index (χ2v) is 5.24. The molecule has 0 unspecified atom stereocenters. The van der Waals surface area contributed by atoms with Gasteiger partial charge >= 0.3 is 5.97 Å². The number of rotatable bonds is 0. The molecule has 0 amide bonds. The van der Waals surface area contributed by atoms with E-state index in [2.05, 4.69) is 0 Å². The molecule has 0 N–H and O–H groups in total. The monoisotopic (exact) mass is 226 g/mol. The van der Waals surface area contributed by atoms with E-state index >= 15 is 0 Å². The van der Waals surface area contributed by atoms with E-state index in [4.69, 9.17) is 14.2 Å². The van der Waals surface area contributed by atoms with Crippen molar-refractivity contribution >= 4 is 5.97 Å². The van der Waals surface area contributed by atoms with Crippen LogP contribution in [0.5, 0.6) is 0 Å². The van der Waals surface area contributed by atoms with E-state index in [9.17, 15) is 4.79 Å². The van der Waals surface area contributed by atoms with Crippen molar-refractivity contribution in [2.24, 2.45) is 0 Å². The topological polar surface area (TPSA) is 44.8 Å². The van der Waals surface area contributed by atoms with E-state index in [0.717, 1.165) is 32.3 Å². The van der Waals surface area contributed by atoms with Gasteiger partial charge < -0.3 is 14.2 Å². The van der Waals surface area contributed by atoms with Gasteiger partial charge in [-0.1, -0.05) is 0 Å². The predicted molar refractivity (Wildman–Crippen MR) is 56.0 cm³/mol. The van der Waals surface area contributed by atoms with E-state index in [0.29, 0.717) is 6.42 Å². The van der Waals surface area contributed by atoms with Crippen LogP contribution in [0.2, 0.25) is 0 Å². The number of fused-ring (bicyclic) bond motifs is 2. The Bertz CT molecular complexity index is 303. The molecule has 0 radical (unpaired) electrons. The van der Waals surface area contributed by atoms with Gasteiger partial charge in [-0.15, -0.1) is 0 Å². The molecular weight excluding hydrogens is 208 g/mol. The fourth-order valence-electron chi connectivity index (χ4n) is 3.02. The summed E-state index contributed by atoms with van der Waals surface area (Å²) in [7, 11) is 0. The first-order valence-corrected chi connectivity index (χ1v) is 6.16. The molecule has 0 bridgehead atoms. The molecule has 3 rings (SSSR count). The second-order valence-electron chi connectivity index (χ2n) is 5.24. The van der Waals surface area contributed by atoms with Crippen LogP contribution in [0.4, 0.5) is 0 Å². The van der Waals surface area contributed by atoms with Gasteiger partial charge in [0.15, 0.2) is 0 Å². The van der Waals surface area contributed by atoms with Crippen LogP contribution in [0.25, 0.3) is 0 Å². The molecule has 3 heterocycles. The zero-order chi connectivity index (χ0) is 11.2. The van der Waals surface area contributed by atoms with Crippen molar-refractivity contribution in [1.82, 2.24) is 0 Å². The summed E-state index contributed by atoms with van der Waals surface area (Å²) >= 11 is 0. The van der Waals surface area contributed by atoms with Gasteiger partial charge in [0.2, 0.25) is 0 Å². The highest BCUT2D eigenvalue weighted by Crippen LogP contribution is 2.40. The Labute approximate surface area is 95.2 Å². The first-order chi connectivity index (χ1) is 7.67. The van der Waals surface area contributed by atoms with Crippen LogP contribution in [0.3, 0.4) is 0 Å². The molecule has 0 aromatic rings. The highest BCUT2D eigenvalue weighted by atomic mass is 16.6. The fraction of sp³-hybridized carbons (Fsp3) is 0.917. The maximum Gasteiger partial charge on any atom is 0.309 e. The molecule has 3 aliphatic heterocycles. The number of carbonyl (C=O) groups is 1. The minimum Gasteiger partial charge on any atom is -0.456 e. The quantitative estimate of drug-likeness (QED) is 0.586. The van der Waals surface area contributed by atoms with E-state index in [1.54, 1.807) is 0 Å². The van der Waals surface area contributed by atoms with Crippen LogP contribution in [0, 0.1) is 0 Å². The molecule has 3 saturated heterocycles. The van der Waals surface area contributed by atoms with Gasteiger partial charge in [-0.25, -0.2) is 0 Å². The Kier molecular flexibility index (Phi) is 2.44. The van der Waals surface area contributed by atoms with Gasteiger partial charge in [0.25, 0.3) is 0 Å². The molecule has 0 aliphatic carbocycles. The molecule has 4 nitrogen and oxygen atoms in total. The largest absolute Gasteiger partial charge is 0.456 e. The standard InChI is InChI=1S/C12H18O4/c1-12-5-4-8-9(3-2-6-14-8)15-10(12)7-11(13)16-12/h8-10H,2-7H2,1H3/t8-,9+,10-,12+/m1/s1. The van der Waals surface area contributed by atoms with Crippen LogP contribution >= 0.6 is 0 Å². The zero-order valence-corrected chi connectivity index (χ0v) is 9.61. The Morgan fingerprint density at radius 2 is 2.19 bits per heavy atom. The molecule has 4 heteroatoms. The summed E-state index contributed by atoms with van der Waals surface area (Å²) in [6.07, 6.45) is 4.58. The third-order valence-corrected chi connectivity index (χ3v) is 4.02. The highest BCUT2D eigenvalue weighted by molar-refractivity contribution is 5.73. The Hall–Kier alpha value is -0.610. The molecule has 3 aliphatic rings. The molecule has 4 atom stereocenters. The van der Waals surface area contributed by atoms with E-state index in [1.165, 1.54) is 0 Å². The number of esters is 1. The Balaban J connectivity index is 1.79. The maximum absolute atomic E-state index is 11.4. The lowest BCUT2D eigenvalue weighted by atomic mass is 9.92. The summed E-state index contributed by atoms with van der Waals surface area (Å²) < 4.78 is 17.2. The molecular formula is C12H18O4. The van der Waals surface area contributed by atoms with Crippen LogP contribution in [-0.2, 0) is 19.0 Å². The van der Waals surface area contributed by atoms with E-state index in [1.807, 2.05) is 6.92 Å². The summed E-state index contributed by atoms with van der Waals surface area (Å²) in [5.41, 5.74) is -0.419. The van der Waals surface area contributed by atoms with Gasteiger partial charge in [-0.3, -0.25) is 4.79 Å². The SMILES string of the molecule is C[C@]12CC[C@H]3OCCC[C@@H]3O[C@@H]1CC(=O)O2. The van der Waals surface area contributed by atoms with E-state index < -0.39 is 5.60 Å². The molecule has 0 aromatic carbocycles. The average Bonchev–Trinajstić information content (AvgIpc) is 2.45. The normalized spacial score (nSPS) is 47.8. The van der Waals surface area contributed by atoms with Crippen LogP contribution in [-0.4, -0.2) is 36.5 Å². The molecule has 90 valence electrons. The molecule has 0 spiro atoms. The summed E-state index contributed by atoms with van der Waals surface area (Å²) in [4.78, 5) is 11.4. The number of ether oxygens (including phenoxy) is 3. The lowest BCUT2D eigenvalue weighted by Crippen LogP contribution is -2.39. The van der Waals surface area contributed by atoms with Crippen LogP contribution in [0.15, 0.2) is 0 Å².